The lowest BCUT2D eigenvalue weighted by Crippen LogP contribution is -2.36. The minimum atomic E-state index is -0.214. The van der Waals surface area contributed by atoms with Crippen LogP contribution in [0.1, 0.15) is 30.4 Å². The first kappa shape index (κ1) is 11.1. The van der Waals surface area contributed by atoms with E-state index < -0.39 is 0 Å². The predicted molar refractivity (Wildman–Crippen MR) is 66.2 cm³/mol. The second-order valence-electron chi connectivity index (χ2n) is 5.04. The molecule has 0 radical (unpaired) electrons. The molecule has 0 aliphatic carbocycles. The Balaban J connectivity index is 1.91. The summed E-state index contributed by atoms with van der Waals surface area (Å²) in [6.07, 6.45) is 3.97. The molecular weight excluding hydrogens is 214 g/mol. The minimum Gasteiger partial charge on any atom is -0.493 e. The highest BCUT2D eigenvalue weighted by atomic mass is 16.5. The zero-order valence-electron chi connectivity index (χ0n) is 10.1. The Morgan fingerprint density at radius 1 is 1.12 bits per heavy atom. The third-order valence-electron chi connectivity index (χ3n) is 3.87. The highest BCUT2D eigenvalue weighted by molar-refractivity contribution is 5.42. The number of hydrogen-bond donors (Lipinski definition) is 1. The van der Waals surface area contributed by atoms with E-state index in [-0.39, 0.29) is 5.54 Å². The smallest absolute Gasteiger partial charge is 0.122 e. The average molecular weight is 233 g/mol. The summed E-state index contributed by atoms with van der Waals surface area (Å²) in [6.45, 7) is 2.41. The van der Waals surface area contributed by atoms with Crippen molar-refractivity contribution in [2.24, 2.45) is 5.73 Å². The van der Waals surface area contributed by atoms with Gasteiger partial charge in [0.15, 0.2) is 0 Å². The van der Waals surface area contributed by atoms with Crippen molar-refractivity contribution in [1.29, 1.82) is 0 Å². The number of hydrogen-bond acceptors (Lipinski definition) is 3. The maximum Gasteiger partial charge on any atom is 0.122 e. The first-order valence-corrected chi connectivity index (χ1v) is 6.41. The second kappa shape index (κ2) is 4.31. The van der Waals surface area contributed by atoms with E-state index in [0.29, 0.717) is 0 Å². The van der Waals surface area contributed by atoms with Crippen molar-refractivity contribution in [3.63, 3.8) is 0 Å². The van der Waals surface area contributed by atoms with Gasteiger partial charge < -0.3 is 15.2 Å². The van der Waals surface area contributed by atoms with Crippen LogP contribution in [0.2, 0.25) is 0 Å². The Hall–Kier alpha value is -1.06. The zero-order chi connectivity index (χ0) is 11.7. The zero-order valence-corrected chi connectivity index (χ0v) is 10.1. The highest BCUT2D eigenvalue weighted by Crippen LogP contribution is 2.34. The summed E-state index contributed by atoms with van der Waals surface area (Å²) in [4.78, 5) is 0. The van der Waals surface area contributed by atoms with E-state index in [1.807, 2.05) is 0 Å². The maximum absolute atomic E-state index is 6.55. The molecule has 0 amide bonds. The third kappa shape index (κ3) is 2.05. The standard InChI is InChI=1S/C14H19NO2/c15-14(5-1-7-16-9-6-14)12-2-3-13-11(10-12)4-8-17-13/h2-3,10H,1,4-9,15H2. The molecule has 0 spiro atoms. The van der Waals surface area contributed by atoms with Crippen molar-refractivity contribution in [1.82, 2.24) is 0 Å². The lowest BCUT2D eigenvalue weighted by atomic mass is 9.83. The van der Waals surface area contributed by atoms with Gasteiger partial charge in [-0.1, -0.05) is 12.1 Å². The number of fused-ring (bicyclic) bond motifs is 1. The van der Waals surface area contributed by atoms with Gasteiger partial charge in [0.2, 0.25) is 0 Å². The van der Waals surface area contributed by atoms with E-state index >= 15 is 0 Å². The van der Waals surface area contributed by atoms with Crippen molar-refractivity contribution >= 4 is 0 Å². The maximum atomic E-state index is 6.55. The molecule has 2 aliphatic rings. The number of nitrogens with two attached hydrogens (primary N) is 1. The predicted octanol–water partition coefficient (Wildman–Crippen LogP) is 1.98. The largest absolute Gasteiger partial charge is 0.493 e. The fraction of sp³-hybridized carbons (Fsp3) is 0.571. The van der Waals surface area contributed by atoms with Gasteiger partial charge in [0.05, 0.1) is 6.61 Å². The third-order valence-corrected chi connectivity index (χ3v) is 3.87. The summed E-state index contributed by atoms with van der Waals surface area (Å²) in [5.41, 5.74) is 8.89. The molecule has 3 rings (SSSR count). The molecule has 2 N–H and O–H groups in total. The molecule has 1 aromatic carbocycles. The Labute approximate surface area is 102 Å². The normalized spacial score (nSPS) is 28.3. The molecule has 2 aliphatic heterocycles. The van der Waals surface area contributed by atoms with E-state index in [1.54, 1.807) is 0 Å². The van der Waals surface area contributed by atoms with Gasteiger partial charge >= 0.3 is 0 Å². The van der Waals surface area contributed by atoms with E-state index in [4.69, 9.17) is 15.2 Å². The first-order chi connectivity index (χ1) is 8.28. The summed E-state index contributed by atoms with van der Waals surface area (Å²) >= 11 is 0. The van der Waals surface area contributed by atoms with Gasteiger partial charge in [-0.05, 0) is 36.5 Å². The molecule has 0 aromatic heterocycles. The van der Waals surface area contributed by atoms with Crippen molar-refractivity contribution in [2.45, 2.75) is 31.2 Å². The van der Waals surface area contributed by atoms with Crippen molar-refractivity contribution in [2.75, 3.05) is 19.8 Å². The number of benzene rings is 1. The van der Waals surface area contributed by atoms with Crippen LogP contribution in [0.3, 0.4) is 0 Å². The van der Waals surface area contributed by atoms with Gasteiger partial charge in [-0.3, -0.25) is 0 Å². The Morgan fingerprint density at radius 3 is 3.00 bits per heavy atom. The summed E-state index contributed by atoms with van der Waals surface area (Å²) < 4.78 is 11.0. The molecule has 1 fully saturated rings. The van der Waals surface area contributed by atoms with Gasteiger partial charge in [0.1, 0.15) is 5.75 Å². The van der Waals surface area contributed by atoms with E-state index in [1.165, 1.54) is 11.1 Å². The molecule has 3 heteroatoms. The fourth-order valence-corrected chi connectivity index (χ4v) is 2.76. The van der Waals surface area contributed by atoms with Gasteiger partial charge in [-0.25, -0.2) is 0 Å². The van der Waals surface area contributed by atoms with Crippen molar-refractivity contribution in [3.8, 4) is 5.75 Å². The van der Waals surface area contributed by atoms with Crippen LogP contribution in [0.5, 0.6) is 5.75 Å². The Morgan fingerprint density at radius 2 is 2.06 bits per heavy atom. The summed E-state index contributed by atoms with van der Waals surface area (Å²) in [5.74, 6) is 1.03. The lowest BCUT2D eigenvalue weighted by Gasteiger charge is -2.28. The molecule has 92 valence electrons. The molecule has 1 atom stereocenters. The summed E-state index contributed by atoms with van der Waals surface area (Å²) in [6, 6.07) is 6.42. The Kier molecular flexibility index (Phi) is 2.81. The van der Waals surface area contributed by atoms with E-state index in [2.05, 4.69) is 18.2 Å². The summed E-state index contributed by atoms with van der Waals surface area (Å²) in [7, 11) is 0. The van der Waals surface area contributed by atoms with Crippen molar-refractivity contribution < 1.29 is 9.47 Å². The molecule has 0 saturated carbocycles. The van der Waals surface area contributed by atoms with E-state index in [9.17, 15) is 0 Å². The molecule has 1 aromatic rings. The Bertz CT molecular complexity index is 409. The fourth-order valence-electron chi connectivity index (χ4n) is 2.76. The SMILES string of the molecule is NC1(c2ccc3c(c2)CCO3)CCCOCC1. The highest BCUT2D eigenvalue weighted by Gasteiger charge is 2.29. The van der Waals surface area contributed by atoms with Crippen LogP contribution >= 0.6 is 0 Å². The first-order valence-electron chi connectivity index (χ1n) is 6.41. The van der Waals surface area contributed by atoms with Gasteiger partial charge in [-0.2, -0.15) is 0 Å². The molecule has 1 unspecified atom stereocenters. The molecule has 3 nitrogen and oxygen atoms in total. The molecule has 0 bridgehead atoms. The van der Waals surface area contributed by atoms with Gasteiger partial charge in [0.25, 0.3) is 0 Å². The van der Waals surface area contributed by atoms with E-state index in [0.717, 1.165) is 51.3 Å². The molecule has 1 saturated heterocycles. The van der Waals surface area contributed by atoms with Gasteiger partial charge in [-0.15, -0.1) is 0 Å². The molecule has 17 heavy (non-hydrogen) atoms. The van der Waals surface area contributed by atoms with Gasteiger partial charge in [0, 0.05) is 25.2 Å². The number of rotatable bonds is 1. The van der Waals surface area contributed by atoms with Crippen LogP contribution in [0.15, 0.2) is 18.2 Å². The lowest BCUT2D eigenvalue weighted by molar-refractivity contribution is 0.139. The van der Waals surface area contributed by atoms with Crippen LogP contribution in [0, 0.1) is 0 Å². The van der Waals surface area contributed by atoms with Crippen LogP contribution in [0.4, 0.5) is 0 Å². The van der Waals surface area contributed by atoms with Crippen LogP contribution in [0.25, 0.3) is 0 Å². The summed E-state index contributed by atoms with van der Waals surface area (Å²) in [5, 5.41) is 0. The molecule has 2 heterocycles. The average Bonchev–Trinajstić information content (AvgIpc) is 2.70. The monoisotopic (exact) mass is 233 g/mol. The quantitative estimate of drug-likeness (QED) is 0.806. The van der Waals surface area contributed by atoms with Crippen molar-refractivity contribution in [3.05, 3.63) is 29.3 Å². The topological polar surface area (TPSA) is 44.5 Å². The minimum absolute atomic E-state index is 0.214. The van der Waals surface area contributed by atoms with Crippen LogP contribution < -0.4 is 10.5 Å². The van der Waals surface area contributed by atoms with Crippen LogP contribution in [-0.4, -0.2) is 19.8 Å². The number of ether oxygens (including phenoxy) is 2. The second-order valence-corrected chi connectivity index (χ2v) is 5.04. The van der Waals surface area contributed by atoms with Crippen LogP contribution in [-0.2, 0) is 16.7 Å². The molecular formula is C14H19NO2.